The van der Waals surface area contributed by atoms with Gasteiger partial charge in [0.15, 0.2) is 5.82 Å². The zero-order chi connectivity index (χ0) is 16.6. The molecule has 1 aliphatic heterocycles. The van der Waals surface area contributed by atoms with Gasteiger partial charge in [0.1, 0.15) is 0 Å². The number of carbonyl (C=O) groups excluding carboxylic acids is 1. The number of rotatable bonds is 4. The van der Waals surface area contributed by atoms with Crippen LogP contribution in [0.2, 0.25) is 0 Å². The summed E-state index contributed by atoms with van der Waals surface area (Å²) >= 11 is 0. The molecule has 2 aromatic rings. The summed E-state index contributed by atoms with van der Waals surface area (Å²) in [7, 11) is 0. The minimum Gasteiger partial charge on any atom is -0.339 e. The molecule has 1 aromatic carbocycles. The van der Waals surface area contributed by atoms with E-state index >= 15 is 0 Å². The monoisotopic (exact) mass is 325 g/mol. The predicted octanol–water partition coefficient (Wildman–Crippen LogP) is 3.42. The summed E-state index contributed by atoms with van der Waals surface area (Å²) in [6.07, 6.45) is 4.96. The van der Waals surface area contributed by atoms with Crippen molar-refractivity contribution in [3.63, 3.8) is 0 Å². The Hall–Kier alpha value is -2.17. The number of hydrogen-bond acceptors (Lipinski definition) is 4. The van der Waals surface area contributed by atoms with Crippen LogP contribution in [0.25, 0.3) is 0 Å². The van der Waals surface area contributed by atoms with E-state index in [0.717, 1.165) is 25.2 Å². The first-order valence-electron chi connectivity index (χ1n) is 8.80. The summed E-state index contributed by atoms with van der Waals surface area (Å²) < 4.78 is 5.38. The highest BCUT2D eigenvalue weighted by atomic mass is 16.5. The van der Waals surface area contributed by atoms with Crippen LogP contribution in [0.5, 0.6) is 0 Å². The molecule has 4 rings (SSSR count). The van der Waals surface area contributed by atoms with Crippen LogP contribution >= 0.6 is 0 Å². The molecule has 0 unspecified atom stereocenters. The third kappa shape index (κ3) is 2.83. The number of nitrogens with zero attached hydrogens (tertiary/aromatic N) is 3. The van der Waals surface area contributed by atoms with Gasteiger partial charge in [0.2, 0.25) is 11.8 Å². The van der Waals surface area contributed by atoms with E-state index in [1.54, 1.807) is 0 Å². The van der Waals surface area contributed by atoms with Gasteiger partial charge in [-0.15, -0.1) is 0 Å². The SMILES string of the molecule is C[C@]1(c2ccccc2)CCC(=O)N(Cc2noc(C3CCC3)n2)C1. The predicted molar refractivity (Wildman–Crippen MR) is 89.3 cm³/mol. The van der Waals surface area contributed by atoms with E-state index in [9.17, 15) is 4.79 Å². The lowest BCUT2D eigenvalue weighted by Crippen LogP contribution is -2.47. The van der Waals surface area contributed by atoms with Crippen LogP contribution < -0.4 is 0 Å². The number of amides is 1. The first-order valence-corrected chi connectivity index (χ1v) is 8.80. The molecule has 1 saturated heterocycles. The molecule has 0 N–H and O–H groups in total. The number of aromatic nitrogens is 2. The van der Waals surface area contributed by atoms with Gasteiger partial charge in [0.25, 0.3) is 0 Å². The van der Waals surface area contributed by atoms with Crippen LogP contribution in [0.15, 0.2) is 34.9 Å². The number of piperidine rings is 1. The van der Waals surface area contributed by atoms with E-state index in [2.05, 4.69) is 41.3 Å². The van der Waals surface area contributed by atoms with Gasteiger partial charge in [0, 0.05) is 24.3 Å². The lowest BCUT2D eigenvalue weighted by molar-refractivity contribution is -0.136. The molecule has 5 heteroatoms. The quantitative estimate of drug-likeness (QED) is 0.864. The Morgan fingerprint density at radius 1 is 1.29 bits per heavy atom. The minimum absolute atomic E-state index is 0.0181. The van der Waals surface area contributed by atoms with E-state index in [-0.39, 0.29) is 11.3 Å². The van der Waals surface area contributed by atoms with Crippen LogP contribution in [-0.2, 0) is 16.8 Å². The molecule has 0 radical (unpaired) electrons. The van der Waals surface area contributed by atoms with Crippen molar-refractivity contribution < 1.29 is 9.32 Å². The number of benzene rings is 1. The molecule has 1 aromatic heterocycles. The highest BCUT2D eigenvalue weighted by Gasteiger charge is 2.37. The van der Waals surface area contributed by atoms with Gasteiger partial charge in [-0.2, -0.15) is 4.98 Å². The fraction of sp³-hybridized carbons (Fsp3) is 0.526. The normalized spacial score (nSPS) is 24.9. The van der Waals surface area contributed by atoms with Crippen LogP contribution in [0, 0.1) is 0 Å². The van der Waals surface area contributed by atoms with Crippen LogP contribution in [0.1, 0.15) is 62.2 Å². The van der Waals surface area contributed by atoms with Gasteiger partial charge in [-0.25, -0.2) is 0 Å². The Morgan fingerprint density at radius 3 is 2.79 bits per heavy atom. The summed E-state index contributed by atoms with van der Waals surface area (Å²) in [5.41, 5.74) is 1.26. The van der Waals surface area contributed by atoms with Crippen molar-refractivity contribution in [2.75, 3.05) is 6.54 Å². The minimum atomic E-state index is -0.0181. The fourth-order valence-corrected chi connectivity index (χ4v) is 3.67. The van der Waals surface area contributed by atoms with E-state index < -0.39 is 0 Å². The standard InChI is InChI=1S/C19H23N3O2/c1-19(15-8-3-2-4-9-15)11-10-17(23)22(13-19)12-16-20-18(24-21-16)14-6-5-7-14/h2-4,8-9,14H,5-7,10-13H2,1H3/t19-/m0/s1. The van der Waals surface area contributed by atoms with E-state index in [1.807, 2.05) is 11.0 Å². The second-order valence-corrected chi connectivity index (χ2v) is 7.35. The number of carbonyl (C=O) groups is 1. The Morgan fingerprint density at radius 2 is 2.08 bits per heavy atom. The van der Waals surface area contributed by atoms with Crippen molar-refractivity contribution in [3.05, 3.63) is 47.6 Å². The third-order valence-corrected chi connectivity index (χ3v) is 5.52. The van der Waals surface area contributed by atoms with Crippen molar-refractivity contribution in [1.29, 1.82) is 0 Å². The van der Waals surface area contributed by atoms with E-state index in [4.69, 9.17) is 4.52 Å². The molecule has 5 nitrogen and oxygen atoms in total. The maximum Gasteiger partial charge on any atom is 0.229 e. The molecule has 126 valence electrons. The number of hydrogen-bond donors (Lipinski definition) is 0. The average molecular weight is 325 g/mol. The van der Waals surface area contributed by atoms with Crippen LogP contribution in [-0.4, -0.2) is 27.5 Å². The summed E-state index contributed by atoms with van der Waals surface area (Å²) in [5, 5.41) is 4.09. The topological polar surface area (TPSA) is 59.2 Å². The van der Waals surface area contributed by atoms with Crippen molar-refractivity contribution >= 4 is 5.91 Å². The molecular weight excluding hydrogens is 302 g/mol. The molecule has 2 heterocycles. The van der Waals surface area contributed by atoms with Gasteiger partial charge < -0.3 is 9.42 Å². The van der Waals surface area contributed by atoms with Crippen molar-refractivity contribution in [3.8, 4) is 0 Å². The molecule has 24 heavy (non-hydrogen) atoms. The summed E-state index contributed by atoms with van der Waals surface area (Å²) in [6.45, 7) is 3.37. The average Bonchev–Trinajstić information content (AvgIpc) is 2.98. The first-order chi connectivity index (χ1) is 11.6. The third-order valence-electron chi connectivity index (χ3n) is 5.52. The molecule has 2 fully saturated rings. The second kappa shape index (κ2) is 6.04. The summed E-state index contributed by atoms with van der Waals surface area (Å²) in [4.78, 5) is 18.8. The molecule has 1 aliphatic carbocycles. The highest BCUT2D eigenvalue weighted by Crippen LogP contribution is 2.36. The van der Waals surface area contributed by atoms with E-state index in [0.29, 0.717) is 31.3 Å². The zero-order valence-electron chi connectivity index (χ0n) is 14.1. The maximum absolute atomic E-state index is 12.4. The maximum atomic E-state index is 12.4. The molecule has 1 amide bonds. The molecule has 0 bridgehead atoms. The lowest BCUT2D eigenvalue weighted by atomic mass is 9.75. The largest absolute Gasteiger partial charge is 0.339 e. The van der Waals surface area contributed by atoms with Gasteiger partial charge in [0.05, 0.1) is 6.54 Å². The van der Waals surface area contributed by atoms with Gasteiger partial charge in [-0.3, -0.25) is 4.79 Å². The molecule has 2 aliphatic rings. The smallest absolute Gasteiger partial charge is 0.229 e. The summed E-state index contributed by atoms with van der Waals surface area (Å²) in [6, 6.07) is 10.4. The molecule has 1 atom stereocenters. The fourth-order valence-electron chi connectivity index (χ4n) is 3.67. The lowest BCUT2D eigenvalue weighted by Gasteiger charge is -2.40. The van der Waals surface area contributed by atoms with Gasteiger partial charge in [-0.1, -0.05) is 48.8 Å². The van der Waals surface area contributed by atoms with Crippen molar-refractivity contribution in [2.24, 2.45) is 0 Å². The van der Waals surface area contributed by atoms with Crippen molar-refractivity contribution in [1.82, 2.24) is 15.0 Å². The molecule has 0 spiro atoms. The van der Waals surface area contributed by atoms with Crippen molar-refractivity contribution in [2.45, 2.75) is 56.9 Å². The Balaban J connectivity index is 1.49. The summed E-state index contributed by atoms with van der Waals surface area (Å²) in [5.74, 6) is 1.98. The molecular formula is C19H23N3O2. The van der Waals surface area contributed by atoms with Crippen LogP contribution in [0.3, 0.4) is 0 Å². The first kappa shape index (κ1) is 15.4. The number of likely N-dealkylation sites (tertiary alicyclic amines) is 1. The Kier molecular flexibility index (Phi) is 3.87. The Labute approximate surface area is 142 Å². The van der Waals surface area contributed by atoms with Crippen LogP contribution in [0.4, 0.5) is 0 Å². The highest BCUT2D eigenvalue weighted by molar-refractivity contribution is 5.77. The molecule has 1 saturated carbocycles. The Bertz CT molecular complexity index is 723. The zero-order valence-corrected chi connectivity index (χ0v) is 14.1. The van der Waals surface area contributed by atoms with E-state index in [1.165, 1.54) is 12.0 Å². The van der Waals surface area contributed by atoms with Gasteiger partial charge >= 0.3 is 0 Å². The second-order valence-electron chi connectivity index (χ2n) is 7.35. The van der Waals surface area contributed by atoms with Gasteiger partial charge in [-0.05, 0) is 24.8 Å².